The van der Waals surface area contributed by atoms with E-state index in [1.165, 1.54) is 43.2 Å². The third-order valence-corrected chi connectivity index (χ3v) is 6.21. The fourth-order valence-electron chi connectivity index (χ4n) is 3.48. The van der Waals surface area contributed by atoms with Crippen LogP contribution in [0.1, 0.15) is 61.4 Å². The normalized spacial score (nSPS) is 14.5. The van der Waals surface area contributed by atoms with E-state index in [-0.39, 0.29) is 0 Å². The zero-order chi connectivity index (χ0) is 17.0. The first-order chi connectivity index (χ1) is 11.5. The molecule has 1 heteroatoms. The van der Waals surface area contributed by atoms with E-state index in [0.717, 1.165) is 12.2 Å². The summed E-state index contributed by atoms with van der Waals surface area (Å²) in [6, 6.07) is 16.2. The van der Waals surface area contributed by atoms with Crippen LogP contribution in [0.25, 0.3) is 0 Å². The molecule has 0 unspecified atom stereocenters. The van der Waals surface area contributed by atoms with Gasteiger partial charge in [0.25, 0.3) is 0 Å². The molecule has 128 valence electrons. The highest BCUT2D eigenvalue weighted by Crippen LogP contribution is 2.28. The molecular weight excluding hydrogens is 308 g/mol. The van der Waals surface area contributed by atoms with Gasteiger partial charge in [-0.3, -0.25) is 0 Å². The molecule has 0 nitrogen and oxygen atoms in total. The average molecular weight is 339 g/mol. The molecule has 0 bridgehead atoms. The molecule has 0 saturated carbocycles. The second kappa shape index (κ2) is 7.78. The van der Waals surface area contributed by atoms with Gasteiger partial charge in [-0.2, -0.15) is 11.8 Å². The van der Waals surface area contributed by atoms with Gasteiger partial charge in [0.05, 0.1) is 0 Å². The maximum absolute atomic E-state index is 2.35. The van der Waals surface area contributed by atoms with Gasteiger partial charge in [0.1, 0.15) is 0 Å². The van der Waals surface area contributed by atoms with Crippen molar-refractivity contribution in [1.82, 2.24) is 0 Å². The summed E-state index contributed by atoms with van der Waals surface area (Å²) >= 11 is 2.02. The fourth-order valence-corrected chi connectivity index (χ4v) is 4.27. The van der Waals surface area contributed by atoms with Gasteiger partial charge in [0.2, 0.25) is 0 Å². The van der Waals surface area contributed by atoms with Gasteiger partial charge in [-0.15, -0.1) is 0 Å². The summed E-state index contributed by atoms with van der Waals surface area (Å²) in [7, 11) is 0. The number of benzene rings is 2. The summed E-state index contributed by atoms with van der Waals surface area (Å²) in [5.74, 6) is 1.11. The molecule has 0 N–H and O–H groups in total. The van der Waals surface area contributed by atoms with E-state index < -0.39 is 0 Å². The zero-order valence-electron chi connectivity index (χ0n) is 15.4. The van der Waals surface area contributed by atoms with Crippen molar-refractivity contribution < 1.29 is 0 Å². The van der Waals surface area contributed by atoms with Gasteiger partial charge in [0, 0.05) is 10.5 Å². The second-order valence-electron chi connectivity index (χ2n) is 7.98. The van der Waals surface area contributed by atoms with Crippen LogP contribution < -0.4 is 0 Å². The first-order valence-electron chi connectivity index (χ1n) is 9.33. The largest absolute Gasteiger partial charge is 0.151 e. The number of aryl methyl sites for hydroxylation is 3. The molecule has 0 saturated heterocycles. The van der Waals surface area contributed by atoms with E-state index in [0.29, 0.717) is 4.75 Å². The third kappa shape index (κ3) is 4.89. The van der Waals surface area contributed by atoms with Crippen LogP contribution in [0.5, 0.6) is 0 Å². The maximum atomic E-state index is 2.35. The van der Waals surface area contributed by atoms with Gasteiger partial charge < -0.3 is 0 Å². The molecule has 0 amide bonds. The van der Waals surface area contributed by atoms with Gasteiger partial charge in [-0.25, -0.2) is 0 Å². The summed E-state index contributed by atoms with van der Waals surface area (Å²) in [4.78, 5) is 0. The van der Waals surface area contributed by atoms with Crippen molar-refractivity contribution in [3.63, 3.8) is 0 Å². The lowest BCUT2D eigenvalue weighted by atomic mass is 9.86. The third-order valence-electron chi connectivity index (χ3n) is 4.87. The molecule has 0 aliphatic heterocycles. The Morgan fingerprint density at radius 3 is 2.29 bits per heavy atom. The summed E-state index contributed by atoms with van der Waals surface area (Å²) in [6.45, 7) is 6.85. The van der Waals surface area contributed by atoms with Crippen LogP contribution in [0.15, 0.2) is 42.5 Å². The van der Waals surface area contributed by atoms with Crippen molar-refractivity contribution >= 4 is 11.8 Å². The molecule has 0 aromatic heterocycles. The smallest absolute Gasteiger partial charge is 0.0189 e. The van der Waals surface area contributed by atoms with Crippen molar-refractivity contribution in [3.05, 3.63) is 70.3 Å². The summed E-state index contributed by atoms with van der Waals surface area (Å²) in [5, 5.41) is 0. The minimum Gasteiger partial charge on any atom is -0.151 e. The van der Waals surface area contributed by atoms with Gasteiger partial charge >= 0.3 is 0 Å². The van der Waals surface area contributed by atoms with Crippen molar-refractivity contribution in [2.75, 3.05) is 0 Å². The standard InChI is InChI=1S/C23H30S/c1-23(2,3)24-17-19-13-11-18(12-14-19)15-16-21-9-6-8-20-7-4-5-10-22(20)21/h6,8-9,11-14H,4-5,7,10,15-17H2,1-3H3. The lowest BCUT2D eigenvalue weighted by molar-refractivity contribution is 0.677. The Bertz CT molecular complexity index is 661. The molecule has 1 aliphatic carbocycles. The molecule has 1 aliphatic rings. The van der Waals surface area contributed by atoms with Gasteiger partial charge in [-0.1, -0.05) is 63.2 Å². The summed E-state index contributed by atoms with van der Waals surface area (Å²) in [6.07, 6.45) is 7.63. The van der Waals surface area contributed by atoms with Crippen LogP contribution in [0.2, 0.25) is 0 Å². The fraction of sp³-hybridized carbons (Fsp3) is 0.478. The van der Waals surface area contributed by atoms with Gasteiger partial charge in [0.15, 0.2) is 0 Å². The van der Waals surface area contributed by atoms with Crippen LogP contribution in [0.3, 0.4) is 0 Å². The molecule has 2 aromatic rings. The second-order valence-corrected chi connectivity index (χ2v) is 9.78. The molecule has 0 spiro atoms. The lowest BCUT2D eigenvalue weighted by Gasteiger charge is -2.19. The Morgan fingerprint density at radius 2 is 1.54 bits per heavy atom. The van der Waals surface area contributed by atoms with E-state index in [4.69, 9.17) is 0 Å². The van der Waals surface area contributed by atoms with Crippen LogP contribution in [-0.4, -0.2) is 4.75 Å². The van der Waals surface area contributed by atoms with E-state index in [1.807, 2.05) is 11.8 Å². The highest BCUT2D eigenvalue weighted by molar-refractivity contribution is 7.99. The predicted molar refractivity (Wildman–Crippen MR) is 108 cm³/mol. The van der Waals surface area contributed by atoms with Crippen molar-refractivity contribution in [3.8, 4) is 0 Å². The maximum Gasteiger partial charge on any atom is 0.0189 e. The number of thioether (sulfide) groups is 1. The van der Waals surface area contributed by atoms with Crippen LogP contribution in [0, 0.1) is 0 Å². The molecule has 24 heavy (non-hydrogen) atoms. The monoisotopic (exact) mass is 338 g/mol. The molecule has 0 heterocycles. The molecule has 0 fully saturated rings. The van der Waals surface area contributed by atoms with Crippen LogP contribution in [-0.2, 0) is 31.4 Å². The van der Waals surface area contributed by atoms with E-state index in [1.54, 1.807) is 16.7 Å². The minimum absolute atomic E-state index is 0.338. The number of fused-ring (bicyclic) bond motifs is 1. The molecular formula is C23H30S. The number of hydrogen-bond acceptors (Lipinski definition) is 1. The first kappa shape index (κ1) is 17.6. The van der Waals surface area contributed by atoms with Crippen molar-refractivity contribution in [2.24, 2.45) is 0 Å². The predicted octanol–water partition coefficient (Wildman–Crippen LogP) is 6.38. The van der Waals surface area contributed by atoms with E-state index >= 15 is 0 Å². The van der Waals surface area contributed by atoms with Gasteiger partial charge in [-0.05, 0) is 66.3 Å². The Balaban J connectivity index is 1.59. The Hall–Kier alpha value is -1.21. The Kier molecular flexibility index (Phi) is 5.71. The first-order valence-corrected chi connectivity index (χ1v) is 10.3. The number of rotatable bonds is 5. The van der Waals surface area contributed by atoms with E-state index in [2.05, 4.69) is 63.2 Å². The Morgan fingerprint density at radius 1 is 0.833 bits per heavy atom. The quantitative estimate of drug-likeness (QED) is 0.609. The SMILES string of the molecule is CC(C)(C)SCc1ccc(CCc2cccc3c2CCCC3)cc1. The molecule has 0 atom stereocenters. The molecule has 3 rings (SSSR count). The lowest BCUT2D eigenvalue weighted by Crippen LogP contribution is -2.07. The topological polar surface area (TPSA) is 0 Å². The van der Waals surface area contributed by atoms with Crippen molar-refractivity contribution in [1.29, 1.82) is 0 Å². The average Bonchev–Trinajstić information content (AvgIpc) is 2.58. The zero-order valence-corrected chi connectivity index (χ0v) is 16.2. The summed E-state index contributed by atoms with van der Waals surface area (Å²) < 4.78 is 0.338. The minimum atomic E-state index is 0.338. The van der Waals surface area contributed by atoms with Crippen LogP contribution in [0.4, 0.5) is 0 Å². The van der Waals surface area contributed by atoms with Crippen molar-refractivity contribution in [2.45, 2.75) is 69.8 Å². The summed E-state index contributed by atoms with van der Waals surface area (Å²) in [5.41, 5.74) is 7.75. The highest BCUT2D eigenvalue weighted by Gasteiger charge is 2.13. The number of hydrogen-bond donors (Lipinski definition) is 0. The van der Waals surface area contributed by atoms with Crippen LogP contribution >= 0.6 is 11.8 Å². The highest BCUT2D eigenvalue weighted by atomic mass is 32.2. The Labute approximate surface area is 152 Å². The van der Waals surface area contributed by atoms with E-state index in [9.17, 15) is 0 Å². The molecule has 2 aromatic carbocycles. The molecule has 0 radical (unpaired) electrons.